The predicted octanol–water partition coefficient (Wildman–Crippen LogP) is 1.06. The number of likely N-dealkylation sites (N-methyl/N-ethyl adjacent to an activating group) is 1. The van der Waals surface area contributed by atoms with Gasteiger partial charge in [0, 0.05) is 25.7 Å². The van der Waals surface area contributed by atoms with E-state index in [0.29, 0.717) is 18.5 Å². The summed E-state index contributed by atoms with van der Waals surface area (Å²) in [5.74, 6) is 0.340. The van der Waals surface area contributed by atoms with Gasteiger partial charge >= 0.3 is 0 Å². The number of hydrogen-bond acceptors (Lipinski definition) is 3. The first-order valence-electron chi connectivity index (χ1n) is 7.25. The Morgan fingerprint density at radius 2 is 2.00 bits per heavy atom. The molecule has 104 valence electrons. The Morgan fingerprint density at radius 1 is 1.33 bits per heavy atom. The van der Waals surface area contributed by atoms with Crippen molar-refractivity contribution in [2.24, 2.45) is 11.1 Å². The SMILES string of the molecule is CN(C)CC1CCCN1C(=O)C1(CN)CCCC1. The molecule has 1 amide bonds. The summed E-state index contributed by atoms with van der Waals surface area (Å²) in [6.07, 6.45) is 6.60. The van der Waals surface area contributed by atoms with Crippen LogP contribution in [0.1, 0.15) is 38.5 Å². The molecule has 1 heterocycles. The van der Waals surface area contributed by atoms with Crippen LogP contribution in [-0.4, -0.2) is 55.5 Å². The highest BCUT2D eigenvalue weighted by atomic mass is 16.2. The van der Waals surface area contributed by atoms with Crippen molar-refractivity contribution in [3.8, 4) is 0 Å². The number of hydrogen-bond donors (Lipinski definition) is 1. The van der Waals surface area contributed by atoms with Crippen LogP contribution in [0.15, 0.2) is 0 Å². The van der Waals surface area contributed by atoms with Crippen LogP contribution < -0.4 is 5.73 Å². The molecule has 1 aliphatic carbocycles. The lowest BCUT2D eigenvalue weighted by atomic mass is 9.84. The maximum atomic E-state index is 12.8. The summed E-state index contributed by atoms with van der Waals surface area (Å²) < 4.78 is 0. The zero-order valence-corrected chi connectivity index (χ0v) is 11.8. The number of rotatable bonds is 4. The molecule has 1 atom stereocenters. The molecular weight excluding hydrogens is 226 g/mol. The molecule has 2 fully saturated rings. The lowest BCUT2D eigenvalue weighted by molar-refractivity contribution is -0.142. The molecule has 1 saturated carbocycles. The van der Waals surface area contributed by atoms with E-state index < -0.39 is 0 Å². The standard InChI is InChI=1S/C14H27N3O/c1-16(2)10-12-6-5-9-17(12)13(18)14(11-15)7-3-4-8-14/h12H,3-11,15H2,1-2H3. The van der Waals surface area contributed by atoms with E-state index in [1.807, 2.05) is 0 Å². The third kappa shape index (κ3) is 2.54. The van der Waals surface area contributed by atoms with Crippen LogP contribution >= 0.6 is 0 Å². The Labute approximate surface area is 110 Å². The van der Waals surface area contributed by atoms with Crippen molar-refractivity contribution >= 4 is 5.91 Å². The van der Waals surface area contributed by atoms with Crippen molar-refractivity contribution in [2.45, 2.75) is 44.6 Å². The third-order valence-electron chi connectivity index (χ3n) is 4.62. The Balaban J connectivity index is 2.07. The van der Waals surface area contributed by atoms with E-state index in [-0.39, 0.29) is 5.41 Å². The molecule has 0 spiro atoms. The molecule has 0 aromatic heterocycles. The van der Waals surface area contributed by atoms with Crippen molar-refractivity contribution in [2.75, 3.05) is 33.7 Å². The zero-order valence-electron chi connectivity index (χ0n) is 11.8. The minimum absolute atomic E-state index is 0.227. The first-order chi connectivity index (χ1) is 8.59. The van der Waals surface area contributed by atoms with Gasteiger partial charge in [-0.05, 0) is 39.8 Å². The van der Waals surface area contributed by atoms with Crippen molar-refractivity contribution < 1.29 is 4.79 Å². The molecule has 0 aromatic rings. The highest BCUT2D eigenvalue weighted by Crippen LogP contribution is 2.40. The van der Waals surface area contributed by atoms with Crippen LogP contribution in [0.25, 0.3) is 0 Å². The first-order valence-corrected chi connectivity index (χ1v) is 7.25. The minimum atomic E-state index is -0.227. The van der Waals surface area contributed by atoms with Crippen LogP contribution in [0.5, 0.6) is 0 Å². The molecule has 2 rings (SSSR count). The summed E-state index contributed by atoms with van der Waals surface area (Å²) in [6, 6.07) is 0.400. The van der Waals surface area contributed by atoms with Gasteiger partial charge in [0.2, 0.25) is 5.91 Å². The fourth-order valence-corrected chi connectivity index (χ4v) is 3.58. The fraction of sp³-hybridized carbons (Fsp3) is 0.929. The van der Waals surface area contributed by atoms with Crippen LogP contribution in [0.3, 0.4) is 0 Å². The average Bonchev–Trinajstić information content (AvgIpc) is 2.96. The lowest BCUT2D eigenvalue weighted by Gasteiger charge is -2.35. The summed E-state index contributed by atoms with van der Waals surface area (Å²) in [7, 11) is 4.16. The van der Waals surface area contributed by atoms with E-state index in [2.05, 4.69) is 23.9 Å². The molecule has 4 heteroatoms. The van der Waals surface area contributed by atoms with Crippen molar-refractivity contribution in [1.29, 1.82) is 0 Å². The van der Waals surface area contributed by atoms with Gasteiger partial charge < -0.3 is 15.5 Å². The van der Waals surface area contributed by atoms with Crippen molar-refractivity contribution in [3.05, 3.63) is 0 Å². The van der Waals surface area contributed by atoms with E-state index in [4.69, 9.17) is 5.73 Å². The summed E-state index contributed by atoms with van der Waals surface area (Å²) in [5.41, 5.74) is 5.70. The van der Waals surface area contributed by atoms with Crippen LogP contribution in [0.2, 0.25) is 0 Å². The maximum absolute atomic E-state index is 12.8. The van der Waals surface area contributed by atoms with Crippen LogP contribution in [-0.2, 0) is 4.79 Å². The molecule has 4 nitrogen and oxygen atoms in total. The molecule has 2 N–H and O–H groups in total. The Kier molecular flexibility index (Phi) is 4.28. The maximum Gasteiger partial charge on any atom is 0.230 e. The molecule has 18 heavy (non-hydrogen) atoms. The summed E-state index contributed by atoms with van der Waals surface area (Å²) >= 11 is 0. The Bertz CT molecular complexity index is 297. The Hall–Kier alpha value is -0.610. The normalized spacial score (nSPS) is 27.1. The quantitative estimate of drug-likeness (QED) is 0.815. The zero-order chi connectivity index (χ0) is 13.2. The number of carbonyl (C=O) groups is 1. The predicted molar refractivity (Wildman–Crippen MR) is 73.2 cm³/mol. The second kappa shape index (κ2) is 5.57. The van der Waals surface area contributed by atoms with Gasteiger partial charge in [-0.25, -0.2) is 0 Å². The number of carbonyl (C=O) groups excluding carboxylic acids is 1. The summed E-state index contributed by atoms with van der Waals surface area (Å²) in [4.78, 5) is 17.1. The molecule has 0 bridgehead atoms. The van der Waals surface area contributed by atoms with Gasteiger partial charge in [-0.15, -0.1) is 0 Å². The average molecular weight is 253 g/mol. The van der Waals surface area contributed by atoms with Crippen molar-refractivity contribution in [1.82, 2.24) is 9.80 Å². The number of likely N-dealkylation sites (tertiary alicyclic amines) is 1. The fourth-order valence-electron chi connectivity index (χ4n) is 3.58. The summed E-state index contributed by atoms with van der Waals surface area (Å²) in [5, 5.41) is 0. The molecular formula is C14H27N3O. The topological polar surface area (TPSA) is 49.6 Å². The van der Waals surface area contributed by atoms with E-state index in [0.717, 1.165) is 51.6 Å². The first kappa shape index (κ1) is 13.8. The molecule has 1 aliphatic heterocycles. The number of nitrogens with zero attached hydrogens (tertiary/aromatic N) is 2. The van der Waals surface area contributed by atoms with Gasteiger partial charge in [0.25, 0.3) is 0 Å². The Morgan fingerprint density at radius 3 is 2.56 bits per heavy atom. The third-order valence-corrected chi connectivity index (χ3v) is 4.62. The second-order valence-electron chi connectivity index (χ2n) is 6.25. The number of amides is 1. The number of nitrogens with two attached hydrogens (primary N) is 1. The van der Waals surface area contributed by atoms with Gasteiger partial charge in [0.05, 0.1) is 5.41 Å². The smallest absolute Gasteiger partial charge is 0.230 e. The van der Waals surface area contributed by atoms with Gasteiger partial charge in [0.1, 0.15) is 0 Å². The van der Waals surface area contributed by atoms with E-state index in [1.54, 1.807) is 0 Å². The van der Waals surface area contributed by atoms with Crippen molar-refractivity contribution in [3.63, 3.8) is 0 Å². The monoisotopic (exact) mass is 253 g/mol. The molecule has 1 saturated heterocycles. The second-order valence-corrected chi connectivity index (χ2v) is 6.25. The highest BCUT2D eigenvalue weighted by Gasteiger charge is 2.44. The highest BCUT2D eigenvalue weighted by molar-refractivity contribution is 5.84. The van der Waals surface area contributed by atoms with E-state index in [9.17, 15) is 4.79 Å². The van der Waals surface area contributed by atoms with Gasteiger partial charge in [-0.2, -0.15) is 0 Å². The van der Waals surface area contributed by atoms with Gasteiger partial charge in [-0.3, -0.25) is 4.79 Å². The van der Waals surface area contributed by atoms with Crippen LogP contribution in [0, 0.1) is 5.41 Å². The van der Waals surface area contributed by atoms with Gasteiger partial charge in [0.15, 0.2) is 0 Å². The van der Waals surface area contributed by atoms with E-state index >= 15 is 0 Å². The minimum Gasteiger partial charge on any atom is -0.338 e. The largest absolute Gasteiger partial charge is 0.338 e. The lowest BCUT2D eigenvalue weighted by Crippen LogP contribution is -2.50. The summed E-state index contributed by atoms with van der Waals surface area (Å²) in [6.45, 7) is 2.43. The van der Waals surface area contributed by atoms with E-state index in [1.165, 1.54) is 0 Å². The van der Waals surface area contributed by atoms with Gasteiger partial charge in [-0.1, -0.05) is 12.8 Å². The molecule has 1 unspecified atom stereocenters. The molecule has 2 aliphatic rings. The van der Waals surface area contributed by atoms with Crippen LogP contribution in [0.4, 0.5) is 0 Å². The molecule has 0 radical (unpaired) electrons. The molecule has 0 aromatic carbocycles.